The molecule has 0 aromatic rings. The molecule has 0 N–H and O–H groups in total. The van der Waals surface area contributed by atoms with Gasteiger partial charge < -0.3 is 9.64 Å². The molecule has 23 heavy (non-hydrogen) atoms. The Morgan fingerprint density at radius 3 is 2.13 bits per heavy atom. The topological polar surface area (TPSA) is 32.8 Å². The second kappa shape index (κ2) is 6.72. The van der Waals surface area contributed by atoms with Gasteiger partial charge in [0.15, 0.2) is 0 Å². The van der Waals surface area contributed by atoms with Crippen molar-refractivity contribution in [2.24, 2.45) is 23.7 Å². The van der Waals surface area contributed by atoms with Crippen LogP contribution in [0.25, 0.3) is 0 Å². The van der Waals surface area contributed by atoms with Gasteiger partial charge in [-0.05, 0) is 62.7 Å². The van der Waals surface area contributed by atoms with Gasteiger partial charge in [-0.25, -0.2) is 0 Å². The van der Waals surface area contributed by atoms with E-state index in [1.807, 2.05) is 6.92 Å². The van der Waals surface area contributed by atoms with E-state index in [-0.39, 0.29) is 5.97 Å². The zero-order chi connectivity index (χ0) is 15.8. The molecule has 1 aliphatic heterocycles. The summed E-state index contributed by atoms with van der Waals surface area (Å²) in [5.74, 6) is 4.09. The summed E-state index contributed by atoms with van der Waals surface area (Å²) < 4.78 is 5.04. The lowest BCUT2D eigenvalue weighted by atomic mass is 9.54. The number of rotatable bonds is 5. The minimum absolute atomic E-state index is 0.0454. The van der Waals surface area contributed by atoms with Crippen molar-refractivity contribution in [2.75, 3.05) is 39.3 Å². The van der Waals surface area contributed by atoms with Crippen LogP contribution in [0.4, 0.5) is 0 Å². The molecule has 0 spiro atoms. The SMILES string of the molecule is CCOC(=O)CCN1CCN(C2C3CC4CC(C3)CC2C4)CC1. The third-order valence-corrected chi connectivity index (χ3v) is 6.94. The zero-order valence-corrected chi connectivity index (χ0v) is 14.6. The van der Waals surface area contributed by atoms with Gasteiger partial charge in [0.05, 0.1) is 13.0 Å². The van der Waals surface area contributed by atoms with Crippen LogP contribution in [0.3, 0.4) is 0 Å². The fraction of sp³-hybridized carbons (Fsp3) is 0.947. The van der Waals surface area contributed by atoms with Crippen molar-refractivity contribution in [3.63, 3.8) is 0 Å². The highest BCUT2D eigenvalue weighted by Gasteiger charge is 2.50. The van der Waals surface area contributed by atoms with E-state index >= 15 is 0 Å². The lowest BCUT2D eigenvalue weighted by molar-refractivity contribution is -0.143. The lowest BCUT2D eigenvalue weighted by Crippen LogP contribution is -2.60. The Hall–Kier alpha value is -0.610. The predicted molar refractivity (Wildman–Crippen MR) is 90.1 cm³/mol. The summed E-state index contributed by atoms with van der Waals surface area (Å²) in [7, 11) is 0. The Kier molecular flexibility index (Phi) is 4.64. The Morgan fingerprint density at radius 1 is 0.957 bits per heavy atom. The summed E-state index contributed by atoms with van der Waals surface area (Å²) in [6.45, 7) is 7.91. The van der Waals surface area contributed by atoms with Crippen LogP contribution in [0.15, 0.2) is 0 Å². The largest absolute Gasteiger partial charge is 0.466 e. The fourth-order valence-electron chi connectivity index (χ4n) is 6.26. The molecule has 1 saturated heterocycles. The van der Waals surface area contributed by atoms with E-state index in [2.05, 4.69) is 9.80 Å². The van der Waals surface area contributed by atoms with E-state index in [4.69, 9.17) is 4.74 Å². The minimum Gasteiger partial charge on any atom is -0.466 e. The maximum Gasteiger partial charge on any atom is 0.307 e. The van der Waals surface area contributed by atoms with E-state index in [9.17, 15) is 4.79 Å². The molecule has 5 fully saturated rings. The molecule has 0 radical (unpaired) electrons. The molecular formula is C19H32N2O2. The first-order valence-electron chi connectivity index (χ1n) is 9.85. The van der Waals surface area contributed by atoms with Crippen molar-refractivity contribution in [2.45, 2.75) is 51.5 Å². The Labute approximate surface area is 140 Å². The second-order valence-corrected chi connectivity index (χ2v) is 8.35. The van der Waals surface area contributed by atoms with Gasteiger partial charge in [-0.15, -0.1) is 0 Å². The quantitative estimate of drug-likeness (QED) is 0.728. The first-order valence-corrected chi connectivity index (χ1v) is 9.85. The minimum atomic E-state index is -0.0454. The zero-order valence-electron chi connectivity index (χ0n) is 14.6. The summed E-state index contributed by atoms with van der Waals surface area (Å²) in [5.41, 5.74) is 0. The number of hydrogen-bond donors (Lipinski definition) is 0. The van der Waals surface area contributed by atoms with E-state index in [1.54, 1.807) is 6.42 Å². The summed E-state index contributed by atoms with van der Waals surface area (Å²) >= 11 is 0. The molecule has 0 amide bonds. The highest BCUT2D eigenvalue weighted by molar-refractivity contribution is 5.69. The van der Waals surface area contributed by atoms with Crippen molar-refractivity contribution >= 4 is 5.97 Å². The highest BCUT2D eigenvalue weighted by Crippen LogP contribution is 2.55. The second-order valence-electron chi connectivity index (χ2n) is 8.35. The van der Waals surface area contributed by atoms with E-state index in [1.165, 1.54) is 38.8 Å². The maximum atomic E-state index is 11.5. The number of ether oxygens (including phenoxy) is 1. The molecule has 130 valence electrons. The summed E-state index contributed by atoms with van der Waals surface area (Å²) in [6.07, 6.45) is 8.15. The average Bonchev–Trinajstić information content (AvgIpc) is 2.53. The number of carbonyl (C=O) groups excluding carboxylic acids is 1. The number of nitrogens with zero attached hydrogens (tertiary/aromatic N) is 2. The summed E-state index contributed by atoms with van der Waals surface area (Å²) in [5, 5.41) is 0. The number of hydrogen-bond acceptors (Lipinski definition) is 4. The van der Waals surface area contributed by atoms with Crippen molar-refractivity contribution < 1.29 is 9.53 Å². The van der Waals surface area contributed by atoms with E-state index in [0.717, 1.165) is 49.3 Å². The van der Waals surface area contributed by atoms with Crippen molar-refractivity contribution in [1.82, 2.24) is 9.80 Å². The molecule has 0 unspecified atom stereocenters. The van der Waals surface area contributed by atoms with Gasteiger partial charge in [0, 0.05) is 38.8 Å². The molecule has 0 aromatic heterocycles. The fourth-order valence-corrected chi connectivity index (χ4v) is 6.26. The lowest BCUT2D eigenvalue weighted by Gasteiger charge is -2.58. The third-order valence-electron chi connectivity index (χ3n) is 6.94. The number of carbonyl (C=O) groups is 1. The third kappa shape index (κ3) is 3.30. The molecule has 4 heteroatoms. The number of esters is 1. The van der Waals surface area contributed by atoms with Gasteiger partial charge in [0.25, 0.3) is 0 Å². The Morgan fingerprint density at radius 2 is 1.57 bits per heavy atom. The molecule has 4 nitrogen and oxygen atoms in total. The van der Waals surface area contributed by atoms with Gasteiger partial charge in [0.2, 0.25) is 0 Å². The Bertz CT molecular complexity index is 403. The molecule has 4 aliphatic carbocycles. The molecule has 5 aliphatic rings. The first kappa shape index (κ1) is 15.9. The van der Waals surface area contributed by atoms with Gasteiger partial charge >= 0.3 is 5.97 Å². The van der Waals surface area contributed by atoms with E-state index < -0.39 is 0 Å². The van der Waals surface area contributed by atoms with E-state index in [0.29, 0.717) is 13.0 Å². The van der Waals surface area contributed by atoms with Crippen LogP contribution >= 0.6 is 0 Å². The molecule has 4 saturated carbocycles. The van der Waals surface area contributed by atoms with Crippen molar-refractivity contribution in [1.29, 1.82) is 0 Å². The maximum absolute atomic E-state index is 11.5. The predicted octanol–water partition coefficient (Wildman–Crippen LogP) is 2.38. The number of piperazine rings is 1. The van der Waals surface area contributed by atoms with Crippen LogP contribution in [-0.4, -0.2) is 61.1 Å². The van der Waals surface area contributed by atoms with Crippen molar-refractivity contribution in [3.05, 3.63) is 0 Å². The van der Waals surface area contributed by atoms with Crippen LogP contribution < -0.4 is 0 Å². The van der Waals surface area contributed by atoms with Crippen LogP contribution in [0.2, 0.25) is 0 Å². The smallest absolute Gasteiger partial charge is 0.307 e. The van der Waals surface area contributed by atoms with Crippen LogP contribution in [0, 0.1) is 23.7 Å². The first-order chi connectivity index (χ1) is 11.2. The normalized spacial score (nSPS) is 40.5. The highest BCUT2D eigenvalue weighted by atomic mass is 16.5. The Balaban J connectivity index is 1.26. The molecule has 5 rings (SSSR count). The monoisotopic (exact) mass is 320 g/mol. The molecule has 1 heterocycles. The van der Waals surface area contributed by atoms with Crippen molar-refractivity contribution in [3.8, 4) is 0 Å². The van der Waals surface area contributed by atoms with Gasteiger partial charge in [-0.3, -0.25) is 9.69 Å². The van der Waals surface area contributed by atoms with Gasteiger partial charge in [-0.2, -0.15) is 0 Å². The van der Waals surface area contributed by atoms with Crippen LogP contribution in [-0.2, 0) is 9.53 Å². The van der Waals surface area contributed by atoms with Crippen LogP contribution in [0.5, 0.6) is 0 Å². The summed E-state index contributed by atoms with van der Waals surface area (Å²) in [6, 6.07) is 0.884. The average molecular weight is 320 g/mol. The standard InChI is InChI=1S/C19H32N2O2/c1-2-23-18(22)3-4-20-5-7-21(8-6-20)19-16-10-14-9-15(12-16)13-17(19)11-14/h14-17,19H,2-13H2,1H3. The summed E-state index contributed by atoms with van der Waals surface area (Å²) in [4.78, 5) is 16.8. The molecule has 0 aromatic carbocycles. The van der Waals surface area contributed by atoms with Gasteiger partial charge in [0.1, 0.15) is 0 Å². The molecule has 0 atom stereocenters. The van der Waals surface area contributed by atoms with Gasteiger partial charge in [-0.1, -0.05) is 0 Å². The molecule has 4 bridgehead atoms. The van der Waals surface area contributed by atoms with Crippen LogP contribution in [0.1, 0.15) is 45.4 Å². The molecular weight excluding hydrogens is 288 g/mol.